The van der Waals surface area contributed by atoms with E-state index in [0.717, 1.165) is 23.4 Å². The van der Waals surface area contributed by atoms with E-state index in [1.807, 2.05) is 0 Å². The van der Waals surface area contributed by atoms with Crippen molar-refractivity contribution in [2.24, 2.45) is 0 Å². The van der Waals surface area contributed by atoms with Gasteiger partial charge >= 0.3 is 6.18 Å². The number of nitriles is 1. The van der Waals surface area contributed by atoms with Crippen molar-refractivity contribution >= 4 is 22.0 Å². The molecule has 110 valence electrons. The number of nitrogens with two attached hydrogens (primary N) is 1. The van der Waals surface area contributed by atoms with Crippen LogP contribution in [0.5, 0.6) is 0 Å². The number of hydrogen-bond acceptors (Lipinski definition) is 4. The first-order valence-corrected chi connectivity index (χ1v) is 7.37. The Bertz CT molecular complexity index is 512. The highest BCUT2D eigenvalue weighted by Gasteiger charge is 2.31. The Hall–Kier alpha value is -1.42. The van der Waals surface area contributed by atoms with Crippen molar-refractivity contribution in [2.45, 2.75) is 44.2 Å². The fourth-order valence-electron chi connectivity index (χ4n) is 2.10. The summed E-state index contributed by atoms with van der Waals surface area (Å²) in [5.74, 6) is 0.408. The first kappa shape index (κ1) is 15.0. The summed E-state index contributed by atoms with van der Waals surface area (Å²) in [5.41, 5.74) is 7.47. The second kappa shape index (κ2) is 5.92. The minimum Gasteiger partial charge on any atom is -0.397 e. The highest BCUT2D eigenvalue weighted by Crippen LogP contribution is 2.50. The summed E-state index contributed by atoms with van der Waals surface area (Å²) in [5, 5.41) is 13.0. The Balaban J connectivity index is 1.88. The van der Waals surface area contributed by atoms with Crippen molar-refractivity contribution in [3.8, 4) is 6.07 Å². The standard InChI is InChI=1S/C13H16F3N3S/c14-13(15,16)5-1-2-6-19-12-10(8-3-4-8)11(18)9(7-17)20-12/h8,19H,1-6,18H2. The van der Waals surface area contributed by atoms with E-state index in [-0.39, 0.29) is 6.42 Å². The lowest BCUT2D eigenvalue weighted by Gasteiger charge is -2.08. The largest absolute Gasteiger partial charge is 0.397 e. The molecule has 0 unspecified atom stereocenters. The SMILES string of the molecule is N#Cc1sc(NCCCCC(F)(F)F)c(C2CC2)c1N. The van der Waals surface area contributed by atoms with Crippen LogP contribution >= 0.6 is 11.3 Å². The molecular formula is C13H16F3N3S. The van der Waals surface area contributed by atoms with Gasteiger partial charge in [-0.05, 0) is 31.6 Å². The summed E-state index contributed by atoms with van der Waals surface area (Å²) >= 11 is 1.30. The Morgan fingerprint density at radius 2 is 2.05 bits per heavy atom. The number of halogens is 3. The van der Waals surface area contributed by atoms with Gasteiger partial charge in [-0.25, -0.2) is 0 Å². The van der Waals surface area contributed by atoms with Gasteiger partial charge in [0.2, 0.25) is 0 Å². The van der Waals surface area contributed by atoms with E-state index in [1.54, 1.807) is 0 Å². The van der Waals surface area contributed by atoms with Gasteiger partial charge in [0.1, 0.15) is 10.9 Å². The summed E-state index contributed by atoms with van der Waals surface area (Å²) in [6, 6.07) is 2.06. The van der Waals surface area contributed by atoms with Crippen LogP contribution in [0.4, 0.5) is 23.9 Å². The molecule has 0 atom stereocenters. The van der Waals surface area contributed by atoms with Crippen molar-refractivity contribution in [2.75, 3.05) is 17.6 Å². The van der Waals surface area contributed by atoms with Crippen LogP contribution in [-0.4, -0.2) is 12.7 Å². The zero-order chi connectivity index (χ0) is 14.8. The molecule has 1 aromatic heterocycles. The lowest BCUT2D eigenvalue weighted by molar-refractivity contribution is -0.135. The molecule has 0 saturated heterocycles. The van der Waals surface area contributed by atoms with E-state index in [9.17, 15) is 13.2 Å². The van der Waals surface area contributed by atoms with Crippen molar-refractivity contribution in [3.05, 3.63) is 10.4 Å². The van der Waals surface area contributed by atoms with Crippen molar-refractivity contribution in [1.82, 2.24) is 0 Å². The molecule has 1 fully saturated rings. The van der Waals surface area contributed by atoms with E-state index in [2.05, 4.69) is 11.4 Å². The fourth-order valence-corrected chi connectivity index (χ4v) is 3.13. The molecule has 3 nitrogen and oxygen atoms in total. The van der Waals surface area contributed by atoms with Gasteiger partial charge in [0.05, 0.1) is 10.7 Å². The van der Waals surface area contributed by atoms with Gasteiger partial charge in [-0.3, -0.25) is 0 Å². The summed E-state index contributed by atoms with van der Waals surface area (Å²) in [6.45, 7) is 0.473. The third-order valence-corrected chi connectivity index (χ3v) is 4.33. The topological polar surface area (TPSA) is 61.8 Å². The van der Waals surface area contributed by atoms with Crippen molar-refractivity contribution < 1.29 is 13.2 Å². The molecule has 7 heteroatoms. The maximum atomic E-state index is 12.0. The van der Waals surface area contributed by atoms with Crippen LogP contribution < -0.4 is 11.1 Å². The summed E-state index contributed by atoms with van der Waals surface area (Å²) in [4.78, 5) is 0.490. The van der Waals surface area contributed by atoms with E-state index in [1.165, 1.54) is 11.3 Å². The monoisotopic (exact) mass is 303 g/mol. The highest BCUT2D eigenvalue weighted by atomic mass is 32.1. The summed E-state index contributed by atoms with van der Waals surface area (Å²) < 4.78 is 36.0. The zero-order valence-corrected chi connectivity index (χ0v) is 11.7. The quantitative estimate of drug-likeness (QED) is 0.773. The summed E-state index contributed by atoms with van der Waals surface area (Å²) in [6.07, 6.45) is -2.14. The van der Waals surface area contributed by atoms with Crippen molar-refractivity contribution in [3.63, 3.8) is 0 Å². The van der Waals surface area contributed by atoms with E-state index >= 15 is 0 Å². The third kappa shape index (κ3) is 3.79. The molecule has 1 heterocycles. The molecule has 0 bridgehead atoms. The molecule has 20 heavy (non-hydrogen) atoms. The van der Waals surface area contributed by atoms with Crippen LogP contribution in [0, 0.1) is 11.3 Å². The number of nitrogens with zero attached hydrogens (tertiary/aromatic N) is 1. The van der Waals surface area contributed by atoms with Gasteiger partial charge in [-0.15, -0.1) is 11.3 Å². The first-order chi connectivity index (χ1) is 9.42. The molecular weight excluding hydrogens is 287 g/mol. The van der Waals surface area contributed by atoms with Crippen LogP contribution in [-0.2, 0) is 0 Å². The molecule has 0 radical (unpaired) electrons. The number of nitrogen functional groups attached to an aromatic ring is 1. The van der Waals surface area contributed by atoms with Crippen LogP contribution in [0.3, 0.4) is 0 Å². The number of alkyl halides is 3. The van der Waals surface area contributed by atoms with Gasteiger partial charge in [0.25, 0.3) is 0 Å². The molecule has 1 aromatic rings. The molecule has 1 aliphatic carbocycles. The van der Waals surface area contributed by atoms with Crippen LogP contribution in [0.25, 0.3) is 0 Å². The Morgan fingerprint density at radius 1 is 1.35 bits per heavy atom. The zero-order valence-electron chi connectivity index (χ0n) is 10.9. The van der Waals surface area contributed by atoms with Crippen LogP contribution in [0.2, 0.25) is 0 Å². The van der Waals surface area contributed by atoms with Gasteiger partial charge < -0.3 is 11.1 Å². The number of hydrogen-bond donors (Lipinski definition) is 2. The number of unbranched alkanes of at least 4 members (excludes halogenated alkanes) is 1. The normalized spacial score (nSPS) is 15.1. The highest BCUT2D eigenvalue weighted by molar-refractivity contribution is 7.17. The van der Waals surface area contributed by atoms with Gasteiger partial charge in [0, 0.05) is 18.5 Å². The first-order valence-electron chi connectivity index (χ1n) is 6.55. The number of nitrogens with one attached hydrogen (secondary N) is 1. The van der Waals surface area contributed by atoms with E-state index < -0.39 is 12.6 Å². The van der Waals surface area contributed by atoms with E-state index in [0.29, 0.717) is 29.4 Å². The minimum atomic E-state index is -4.08. The molecule has 2 rings (SSSR count). The molecule has 0 spiro atoms. The Kier molecular flexibility index (Phi) is 4.43. The second-order valence-corrected chi connectivity index (χ2v) is 5.99. The fraction of sp³-hybridized carbons (Fsp3) is 0.615. The number of thiophene rings is 1. The second-order valence-electron chi connectivity index (χ2n) is 4.97. The Labute approximate surface area is 119 Å². The average Bonchev–Trinajstić information content (AvgIpc) is 3.13. The summed E-state index contributed by atoms with van der Waals surface area (Å²) in [7, 11) is 0. The lowest BCUT2D eigenvalue weighted by Crippen LogP contribution is -2.08. The molecule has 0 amide bonds. The van der Waals surface area contributed by atoms with Gasteiger partial charge in [-0.1, -0.05) is 0 Å². The minimum absolute atomic E-state index is 0.112. The van der Waals surface area contributed by atoms with Gasteiger partial charge in [0.15, 0.2) is 0 Å². The average molecular weight is 303 g/mol. The number of rotatable bonds is 6. The Morgan fingerprint density at radius 3 is 2.60 bits per heavy atom. The number of anilines is 2. The molecule has 3 N–H and O–H groups in total. The maximum Gasteiger partial charge on any atom is 0.389 e. The molecule has 0 aromatic carbocycles. The van der Waals surface area contributed by atoms with Crippen molar-refractivity contribution in [1.29, 1.82) is 5.26 Å². The smallest absolute Gasteiger partial charge is 0.389 e. The predicted molar refractivity (Wildman–Crippen MR) is 73.8 cm³/mol. The lowest BCUT2D eigenvalue weighted by atomic mass is 10.1. The van der Waals surface area contributed by atoms with Crippen LogP contribution in [0.15, 0.2) is 0 Å². The third-order valence-electron chi connectivity index (χ3n) is 3.24. The van der Waals surface area contributed by atoms with Crippen LogP contribution in [0.1, 0.15) is 48.5 Å². The maximum absolute atomic E-state index is 12.0. The molecule has 0 aliphatic heterocycles. The van der Waals surface area contributed by atoms with Gasteiger partial charge in [-0.2, -0.15) is 18.4 Å². The molecule has 1 saturated carbocycles. The molecule has 1 aliphatic rings. The predicted octanol–water partition coefficient (Wildman–Crippen LogP) is 4.22. The van der Waals surface area contributed by atoms with E-state index in [4.69, 9.17) is 11.0 Å².